The zero-order chi connectivity index (χ0) is 9.72. The molecule has 0 aromatic carbocycles. The van der Waals surface area contributed by atoms with Gasteiger partial charge in [0.15, 0.2) is 6.10 Å². The monoisotopic (exact) mass is 175 g/mol. The average Bonchev–Trinajstić information content (AvgIpc) is 1.85. The Morgan fingerprint density at radius 2 is 2.17 bits per heavy atom. The van der Waals surface area contributed by atoms with Gasteiger partial charge in [0.1, 0.15) is 0 Å². The van der Waals surface area contributed by atoms with Gasteiger partial charge < -0.3 is 4.74 Å². The van der Waals surface area contributed by atoms with E-state index in [0.717, 1.165) is 0 Å². The Kier molecular flexibility index (Phi) is 4.25. The fourth-order valence-corrected chi connectivity index (χ4v) is 0.993. The van der Waals surface area contributed by atoms with Gasteiger partial charge in [-0.05, 0) is 6.92 Å². The van der Waals surface area contributed by atoms with E-state index >= 15 is 0 Å². The van der Waals surface area contributed by atoms with Crippen molar-refractivity contribution < 1.29 is 14.5 Å². The van der Waals surface area contributed by atoms with Crippen LogP contribution in [0.15, 0.2) is 0 Å². The Balaban J connectivity index is 4.11. The van der Waals surface area contributed by atoms with E-state index in [9.17, 15) is 14.9 Å². The van der Waals surface area contributed by atoms with Crippen molar-refractivity contribution in [3.8, 4) is 0 Å². The van der Waals surface area contributed by atoms with Crippen LogP contribution in [0.25, 0.3) is 0 Å². The van der Waals surface area contributed by atoms with Crippen molar-refractivity contribution in [1.82, 2.24) is 0 Å². The van der Waals surface area contributed by atoms with E-state index in [-0.39, 0.29) is 0 Å². The van der Waals surface area contributed by atoms with Gasteiger partial charge in [-0.2, -0.15) is 0 Å². The number of rotatable bonds is 4. The highest BCUT2D eigenvalue weighted by molar-refractivity contribution is 5.66. The number of ether oxygens (including phenoxy) is 1. The third kappa shape index (κ3) is 3.32. The standard InChI is InChI=1S/C7H13NO4/c1-4-7(8(10)11)5(2)12-6(3)9/h5,7H,4H2,1-3H3. The lowest BCUT2D eigenvalue weighted by atomic mass is 10.1. The molecular formula is C7H13NO4. The molecule has 5 heteroatoms. The van der Waals surface area contributed by atoms with Crippen LogP contribution in [-0.2, 0) is 9.53 Å². The van der Waals surface area contributed by atoms with Crippen molar-refractivity contribution in [1.29, 1.82) is 0 Å². The summed E-state index contributed by atoms with van der Waals surface area (Å²) >= 11 is 0. The Hall–Kier alpha value is -1.13. The molecule has 0 N–H and O–H groups in total. The van der Waals surface area contributed by atoms with E-state index in [4.69, 9.17) is 0 Å². The maximum atomic E-state index is 10.5. The van der Waals surface area contributed by atoms with E-state index in [1.54, 1.807) is 6.92 Å². The predicted molar refractivity (Wildman–Crippen MR) is 42.3 cm³/mol. The number of nitro groups is 1. The van der Waals surface area contributed by atoms with Crippen LogP contribution in [0.5, 0.6) is 0 Å². The van der Waals surface area contributed by atoms with Crippen LogP contribution >= 0.6 is 0 Å². The molecule has 0 amide bonds. The summed E-state index contributed by atoms with van der Waals surface area (Å²) in [7, 11) is 0. The van der Waals surface area contributed by atoms with E-state index in [0.29, 0.717) is 6.42 Å². The van der Waals surface area contributed by atoms with Crippen molar-refractivity contribution >= 4 is 5.97 Å². The summed E-state index contributed by atoms with van der Waals surface area (Å²) in [5.74, 6) is -0.484. The minimum Gasteiger partial charge on any atom is -0.456 e. The van der Waals surface area contributed by atoms with Crippen molar-refractivity contribution in [2.75, 3.05) is 0 Å². The van der Waals surface area contributed by atoms with Crippen LogP contribution in [0.1, 0.15) is 27.2 Å². The summed E-state index contributed by atoms with van der Waals surface area (Å²) in [6.45, 7) is 4.45. The highest BCUT2D eigenvalue weighted by atomic mass is 16.6. The van der Waals surface area contributed by atoms with Gasteiger partial charge in [-0.1, -0.05) is 6.92 Å². The molecule has 0 spiro atoms. The van der Waals surface area contributed by atoms with E-state index < -0.39 is 23.0 Å². The number of nitrogens with zero attached hydrogens (tertiary/aromatic N) is 1. The molecule has 0 aliphatic heterocycles. The molecular weight excluding hydrogens is 162 g/mol. The Morgan fingerprint density at radius 1 is 1.67 bits per heavy atom. The third-order valence-electron chi connectivity index (χ3n) is 1.58. The van der Waals surface area contributed by atoms with Crippen molar-refractivity contribution in [2.45, 2.75) is 39.3 Å². The first-order chi connectivity index (χ1) is 5.49. The first-order valence-corrected chi connectivity index (χ1v) is 3.79. The first-order valence-electron chi connectivity index (χ1n) is 3.79. The molecule has 0 aliphatic rings. The molecule has 12 heavy (non-hydrogen) atoms. The maximum absolute atomic E-state index is 10.5. The number of hydrogen-bond donors (Lipinski definition) is 0. The lowest BCUT2D eigenvalue weighted by Gasteiger charge is -2.14. The van der Waals surface area contributed by atoms with Gasteiger partial charge in [0.2, 0.25) is 6.04 Å². The number of hydrogen-bond acceptors (Lipinski definition) is 4. The fourth-order valence-electron chi connectivity index (χ4n) is 0.993. The van der Waals surface area contributed by atoms with Gasteiger partial charge >= 0.3 is 5.97 Å². The van der Waals surface area contributed by atoms with Gasteiger partial charge in [0.05, 0.1) is 0 Å². The van der Waals surface area contributed by atoms with Gasteiger partial charge in [-0.3, -0.25) is 14.9 Å². The largest absolute Gasteiger partial charge is 0.456 e. The Morgan fingerprint density at radius 3 is 2.42 bits per heavy atom. The zero-order valence-electron chi connectivity index (χ0n) is 7.44. The molecule has 2 unspecified atom stereocenters. The van der Waals surface area contributed by atoms with Crippen LogP contribution in [0, 0.1) is 10.1 Å². The summed E-state index contributed by atoms with van der Waals surface area (Å²) in [4.78, 5) is 20.4. The Bertz CT molecular complexity index is 180. The molecule has 0 radical (unpaired) electrons. The molecule has 0 aromatic heterocycles. The summed E-state index contributed by atoms with van der Waals surface area (Å²) in [6.07, 6.45) is -0.288. The van der Waals surface area contributed by atoms with Gasteiger partial charge in [0.25, 0.3) is 0 Å². The topological polar surface area (TPSA) is 69.4 Å². The van der Waals surface area contributed by atoms with E-state index in [2.05, 4.69) is 4.74 Å². The summed E-state index contributed by atoms with van der Waals surface area (Å²) in [5, 5.41) is 10.4. The molecule has 0 saturated heterocycles. The maximum Gasteiger partial charge on any atom is 0.303 e. The van der Waals surface area contributed by atoms with Crippen molar-refractivity contribution in [3.05, 3.63) is 10.1 Å². The highest BCUT2D eigenvalue weighted by Crippen LogP contribution is 2.06. The normalized spacial score (nSPS) is 14.9. The molecule has 0 rings (SSSR count). The van der Waals surface area contributed by atoms with Crippen LogP contribution in [-0.4, -0.2) is 23.0 Å². The lowest BCUT2D eigenvalue weighted by molar-refractivity contribution is -0.533. The summed E-state index contributed by atoms with van der Waals surface area (Å²) in [5.41, 5.74) is 0. The average molecular weight is 175 g/mol. The van der Waals surface area contributed by atoms with Crippen LogP contribution in [0.4, 0.5) is 0 Å². The minimum absolute atomic E-state index is 0.363. The second kappa shape index (κ2) is 4.69. The first kappa shape index (κ1) is 10.9. The SMILES string of the molecule is CCC(C(C)OC(C)=O)[N+](=O)[O-]. The fraction of sp³-hybridized carbons (Fsp3) is 0.857. The second-order valence-corrected chi connectivity index (χ2v) is 2.58. The van der Waals surface area contributed by atoms with Crippen LogP contribution in [0.2, 0.25) is 0 Å². The second-order valence-electron chi connectivity index (χ2n) is 2.58. The summed E-state index contributed by atoms with van der Waals surface area (Å²) in [6, 6.07) is -0.797. The van der Waals surface area contributed by atoms with Crippen molar-refractivity contribution in [2.24, 2.45) is 0 Å². The molecule has 0 aliphatic carbocycles. The van der Waals surface area contributed by atoms with Gasteiger partial charge in [0, 0.05) is 18.3 Å². The molecule has 5 nitrogen and oxygen atoms in total. The number of carbonyl (C=O) groups excluding carboxylic acids is 1. The molecule has 0 fully saturated rings. The van der Waals surface area contributed by atoms with Crippen LogP contribution in [0.3, 0.4) is 0 Å². The number of esters is 1. The Labute approximate surface area is 70.9 Å². The molecule has 0 heterocycles. The molecule has 70 valence electrons. The predicted octanol–water partition coefficient (Wildman–Crippen LogP) is 0.993. The van der Waals surface area contributed by atoms with Gasteiger partial charge in [-0.25, -0.2) is 0 Å². The van der Waals surface area contributed by atoms with Crippen LogP contribution < -0.4 is 0 Å². The molecule has 0 aromatic rings. The quantitative estimate of drug-likeness (QED) is 0.363. The minimum atomic E-state index is -0.797. The number of carbonyl (C=O) groups is 1. The van der Waals surface area contributed by atoms with E-state index in [1.807, 2.05) is 0 Å². The zero-order valence-corrected chi connectivity index (χ0v) is 7.44. The third-order valence-corrected chi connectivity index (χ3v) is 1.58. The van der Waals surface area contributed by atoms with E-state index in [1.165, 1.54) is 13.8 Å². The highest BCUT2D eigenvalue weighted by Gasteiger charge is 2.27. The molecule has 0 bridgehead atoms. The summed E-state index contributed by atoms with van der Waals surface area (Å²) < 4.78 is 4.68. The van der Waals surface area contributed by atoms with Crippen molar-refractivity contribution in [3.63, 3.8) is 0 Å². The lowest BCUT2D eigenvalue weighted by Crippen LogP contribution is -2.34. The smallest absolute Gasteiger partial charge is 0.303 e. The van der Waals surface area contributed by atoms with Gasteiger partial charge in [-0.15, -0.1) is 0 Å². The molecule has 0 saturated carbocycles. The molecule has 2 atom stereocenters.